The van der Waals surface area contributed by atoms with E-state index < -0.39 is 0 Å². The maximum absolute atomic E-state index is 11.5. The summed E-state index contributed by atoms with van der Waals surface area (Å²) >= 11 is 0. The first-order valence-electron chi connectivity index (χ1n) is 39.5. The Morgan fingerprint density at radius 1 is 0.202 bits per heavy atom. The summed E-state index contributed by atoms with van der Waals surface area (Å²) in [6, 6.07) is 123. The molecule has 0 radical (unpaired) electrons. The van der Waals surface area contributed by atoms with Crippen LogP contribution >= 0.6 is 0 Å². The first kappa shape index (κ1) is 64.4. The third-order valence-electron chi connectivity index (χ3n) is 25.1. The van der Waals surface area contributed by atoms with Crippen LogP contribution in [0.4, 0.5) is 0 Å². The molecule has 9 heterocycles. The molecule has 0 saturated carbocycles. The van der Waals surface area contributed by atoms with Crippen LogP contribution in [0.25, 0.3) is 242 Å². The van der Waals surface area contributed by atoms with E-state index in [-0.39, 0.29) is 0 Å². The van der Waals surface area contributed by atoms with Crippen molar-refractivity contribution in [2.24, 2.45) is 0 Å². The predicted molar refractivity (Wildman–Crippen MR) is 479 cm³/mol. The average Bonchev–Trinajstić information content (AvgIpc) is 1.55. The molecule has 26 aromatic rings. The molecule has 0 fully saturated rings. The largest absolute Gasteiger partial charge is 0.455 e. The molecule has 0 N–H and O–H groups in total. The smallest absolute Gasteiger partial charge is 0.160 e. The number of nitrogens with zero attached hydrogens (tertiary/aromatic N) is 10. The highest BCUT2D eigenvalue weighted by molar-refractivity contribution is 6.32. The fourth-order valence-corrected chi connectivity index (χ4v) is 20.3. The van der Waals surface area contributed by atoms with Gasteiger partial charge in [-0.2, -0.15) is 21.0 Å². The number of fused-ring (bicyclic) bond motifs is 32. The Labute approximate surface area is 673 Å². The summed E-state index contributed by atoms with van der Waals surface area (Å²) in [7, 11) is 0. The molecule has 0 aliphatic carbocycles. The third-order valence-corrected chi connectivity index (χ3v) is 25.1. The number of rotatable bonds is 7. The molecule has 0 aliphatic heterocycles. The van der Waals surface area contributed by atoms with E-state index in [0.29, 0.717) is 56.2 Å². The van der Waals surface area contributed by atoms with Crippen molar-refractivity contribution in [2.75, 3.05) is 0 Å². The van der Waals surface area contributed by atoms with Crippen molar-refractivity contribution in [2.45, 2.75) is 0 Å². The summed E-state index contributed by atoms with van der Waals surface area (Å²) < 4.78 is 34.8. The maximum atomic E-state index is 11.5. The summed E-state index contributed by atoms with van der Waals surface area (Å²) in [4.78, 5) is 0. The number of para-hydroxylation sites is 8. The second kappa shape index (κ2) is 23.8. The summed E-state index contributed by atoms with van der Waals surface area (Å²) in [5, 5.41) is 63.3. The van der Waals surface area contributed by atoms with E-state index in [9.17, 15) is 21.0 Å². The highest BCUT2D eigenvalue weighted by Gasteiger charge is 2.31. The molecule has 26 rings (SSSR count). The monoisotopic (exact) mass is 1510 g/mol. The maximum Gasteiger partial charge on any atom is 0.160 e. The molecule has 9 aromatic heterocycles. The van der Waals surface area contributed by atoms with Gasteiger partial charge >= 0.3 is 0 Å². The fraction of sp³-hybridized carbons (Fsp3) is 0. The highest BCUT2D eigenvalue weighted by Crippen LogP contribution is 2.51. The van der Waals surface area contributed by atoms with Crippen molar-refractivity contribution in [3.8, 4) is 69.5 Å². The van der Waals surface area contributed by atoms with E-state index in [1.807, 2.05) is 91.0 Å². The van der Waals surface area contributed by atoms with E-state index >= 15 is 0 Å². The van der Waals surface area contributed by atoms with E-state index in [1.54, 1.807) is 6.07 Å². The van der Waals surface area contributed by atoms with Gasteiger partial charge in [-0.15, -0.1) is 0 Å². The molecule has 0 atom stereocenters. The molecular formula is C106H54N10O3. The zero-order chi connectivity index (χ0) is 78.3. The molecule has 0 amide bonds. The second-order valence-electron chi connectivity index (χ2n) is 30.9. The predicted octanol–water partition coefficient (Wildman–Crippen LogP) is 27.1. The van der Waals surface area contributed by atoms with Crippen molar-refractivity contribution >= 4 is 197 Å². The number of furan rings is 3. The van der Waals surface area contributed by atoms with Gasteiger partial charge < -0.3 is 40.7 Å². The van der Waals surface area contributed by atoms with Crippen LogP contribution in [0.5, 0.6) is 0 Å². The van der Waals surface area contributed by atoms with E-state index in [2.05, 4.69) is 282 Å². The van der Waals surface area contributed by atoms with Gasteiger partial charge in [0.1, 0.15) is 52.2 Å². The van der Waals surface area contributed by atoms with E-state index in [4.69, 9.17) is 13.3 Å². The Bertz CT molecular complexity index is 9320. The zero-order valence-corrected chi connectivity index (χ0v) is 62.9. The van der Waals surface area contributed by atoms with Gasteiger partial charge in [0.15, 0.2) is 5.58 Å². The van der Waals surface area contributed by atoms with Gasteiger partial charge in [0, 0.05) is 86.8 Å². The van der Waals surface area contributed by atoms with Gasteiger partial charge in [-0.25, -0.2) is 0 Å². The number of benzene rings is 17. The number of aromatic nitrogens is 6. The SMILES string of the molecule is N#Cc1cc(-n2c3ccccc3c3ccc4c5ccccc5oc4c32)c(C#N)cc1-n1c2ccccc2c2c(-c3ccc4c5c6oc7c(ccc8c7c7ccccc7n8-c7cc(-n8c9ccccc9c9c%10oc%11c(ccc%12c%11c%11ccccc%11n%12-c%11ccccc%11)c%10ccc98)c(C#N)cc7C#N)c6ccc5n(-c5ccccc5)c4c3)cccc21. The lowest BCUT2D eigenvalue weighted by Crippen LogP contribution is -2.04. The lowest BCUT2D eigenvalue weighted by atomic mass is 9.98. The van der Waals surface area contributed by atoms with Gasteiger partial charge in [-0.1, -0.05) is 176 Å². The molecule has 0 unspecified atom stereocenters. The fourth-order valence-electron chi connectivity index (χ4n) is 20.3. The molecule has 13 nitrogen and oxygen atoms in total. The van der Waals surface area contributed by atoms with Crippen molar-refractivity contribution < 1.29 is 13.3 Å². The first-order valence-corrected chi connectivity index (χ1v) is 39.5. The molecule has 17 aromatic carbocycles. The zero-order valence-electron chi connectivity index (χ0n) is 62.9. The standard InChI is InChI=1S/C106H54N10O3/c107-55-60-50-61(56-108)93(54-92(60)114-83-34-16-10-28-77(83)98-88(114)48-44-73-71-42-46-86-97(102(71)118-103(73)98)76-27-9-14-32-81(76)111(86)64-20-3-1-4-21-64)115-84-35-17-11-29-78(84)99-89(115)49-45-74-72-43-47-87-100(105(72)119-104(74)99)79-39-38-59(51-94(79)112(87)65-22-5-2-6-23-65)66-30-19-36-85-96(66)75-26-8-15-33-82(75)113(85)90-52-63(58-110)91(53-62(90)57-109)116-80-31-13-7-24-67(80)69-40-41-70-68-25-12-18-37-95(68)117-106(70)101(69)116/h1-54H. The Morgan fingerprint density at radius 2 is 0.538 bits per heavy atom. The van der Waals surface area contributed by atoms with Crippen LogP contribution in [-0.2, 0) is 0 Å². The Balaban J connectivity index is 0.642. The van der Waals surface area contributed by atoms with Gasteiger partial charge in [-0.05, 0) is 163 Å². The third kappa shape index (κ3) is 8.49. The van der Waals surface area contributed by atoms with Crippen molar-refractivity contribution in [3.63, 3.8) is 0 Å². The van der Waals surface area contributed by atoms with Crippen LogP contribution in [0.2, 0.25) is 0 Å². The first-order chi connectivity index (χ1) is 58.9. The summed E-state index contributed by atoms with van der Waals surface area (Å²) in [6.45, 7) is 0. The molecular weight excluding hydrogens is 1460 g/mol. The van der Waals surface area contributed by atoms with Crippen LogP contribution in [-0.4, -0.2) is 27.4 Å². The molecule has 0 saturated heterocycles. The summed E-state index contributed by atoms with van der Waals surface area (Å²) in [5.74, 6) is 0. The van der Waals surface area contributed by atoms with Crippen molar-refractivity contribution in [1.82, 2.24) is 27.4 Å². The summed E-state index contributed by atoms with van der Waals surface area (Å²) in [6.07, 6.45) is 0. The van der Waals surface area contributed by atoms with E-state index in [1.165, 1.54) is 0 Å². The molecule has 13 heteroatoms. The van der Waals surface area contributed by atoms with Crippen LogP contribution in [0.15, 0.2) is 341 Å². The van der Waals surface area contributed by atoms with Crippen LogP contribution < -0.4 is 0 Å². The highest BCUT2D eigenvalue weighted by atomic mass is 16.3. The normalized spacial score (nSPS) is 12.2. The Hall–Kier alpha value is -17.1. The lowest BCUT2D eigenvalue weighted by Gasteiger charge is -2.16. The minimum Gasteiger partial charge on any atom is -0.455 e. The second-order valence-corrected chi connectivity index (χ2v) is 30.9. The number of hydrogen-bond acceptors (Lipinski definition) is 7. The van der Waals surface area contributed by atoms with Crippen molar-refractivity contribution in [3.05, 3.63) is 350 Å². The molecule has 0 spiro atoms. The Morgan fingerprint density at radius 3 is 1.03 bits per heavy atom. The van der Waals surface area contributed by atoms with Crippen molar-refractivity contribution in [1.29, 1.82) is 21.0 Å². The molecule has 0 aliphatic rings. The van der Waals surface area contributed by atoms with Gasteiger partial charge in [0.05, 0.1) is 133 Å². The van der Waals surface area contributed by atoms with E-state index in [0.717, 1.165) is 208 Å². The number of nitriles is 4. The molecule has 0 bridgehead atoms. The van der Waals surface area contributed by atoms with Crippen LogP contribution in [0.3, 0.4) is 0 Å². The van der Waals surface area contributed by atoms with Gasteiger partial charge in [0.25, 0.3) is 0 Å². The van der Waals surface area contributed by atoms with Crippen LogP contribution in [0.1, 0.15) is 22.3 Å². The van der Waals surface area contributed by atoms with Gasteiger partial charge in [0.2, 0.25) is 0 Å². The summed E-state index contributed by atoms with van der Waals surface area (Å²) in [5.41, 5.74) is 23.3. The Kier molecular flexibility index (Phi) is 12.9. The van der Waals surface area contributed by atoms with Gasteiger partial charge in [-0.3, -0.25) is 0 Å². The number of hydrogen-bond donors (Lipinski definition) is 0. The molecule has 119 heavy (non-hydrogen) atoms. The van der Waals surface area contributed by atoms with Crippen LogP contribution in [0, 0.1) is 45.3 Å². The minimum absolute atomic E-state index is 0.337. The topological polar surface area (TPSA) is 164 Å². The quantitative estimate of drug-likeness (QED) is 0.153. The molecule has 546 valence electrons. The average molecular weight is 1520 g/mol. The minimum atomic E-state index is 0.337. The lowest BCUT2D eigenvalue weighted by molar-refractivity contribution is 0.671.